The zero-order valence-electron chi connectivity index (χ0n) is 14.3. The fourth-order valence-corrected chi connectivity index (χ4v) is 2.81. The average Bonchev–Trinajstić information content (AvgIpc) is 2.59. The van der Waals surface area contributed by atoms with Crippen LogP contribution in [0.5, 0.6) is 11.5 Å². The number of nitrogens with zero attached hydrogens (tertiary/aromatic N) is 3. The quantitative estimate of drug-likeness (QED) is 0.902. The fraction of sp³-hybridized carbons (Fsp3) is 0.316. The van der Waals surface area contributed by atoms with Gasteiger partial charge in [0.25, 0.3) is 0 Å². The maximum absolute atomic E-state index is 10.0. The Balaban J connectivity index is 1.93. The molecule has 5 nitrogen and oxygen atoms in total. The third-order valence-electron chi connectivity index (χ3n) is 4.43. The van der Waals surface area contributed by atoms with Crippen molar-refractivity contribution in [2.45, 2.75) is 27.2 Å². The van der Waals surface area contributed by atoms with Crippen LogP contribution >= 0.6 is 0 Å². The van der Waals surface area contributed by atoms with Gasteiger partial charge in [0.05, 0.1) is 6.67 Å². The Morgan fingerprint density at radius 1 is 0.958 bits per heavy atom. The van der Waals surface area contributed by atoms with Crippen LogP contribution in [0.25, 0.3) is 0 Å². The van der Waals surface area contributed by atoms with E-state index in [0.29, 0.717) is 13.3 Å². The largest absolute Gasteiger partial charge is 0.508 e. The zero-order chi connectivity index (χ0) is 17.3. The van der Waals surface area contributed by atoms with Gasteiger partial charge in [-0.05, 0) is 37.1 Å². The van der Waals surface area contributed by atoms with Crippen molar-refractivity contribution < 1.29 is 10.2 Å². The Hall–Kier alpha value is -2.69. The Morgan fingerprint density at radius 3 is 2.12 bits per heavy atom. The zero-order valence-corrected chi connectivity index (χ0v) is 14.3. The minimum atomic E-state index is 0.285. The lowest BCUT2D eigenvalue weighted by molar-refractivity contribution is 0.471. The summed E-state index contributed by atoms with van der Waals surface area (Å²) in [6.07, 6.45) is 0.821. The van der Waals surface area contributed by atoms with Gasteiger partial charge in [-0.1, -0.05) is 19.1 Å². The Kier molecular flexibility index (Phi) is 4.34. The summed E-state index contributed by atoms with van der Waals surface area (Å²) in [6.45, 7) is 7.01. The van der Waals surface area contributed by atoms with E-state index in [1.54, 1.807) is 12.1 Å². The molecule has 1 aliphatic heterocycles. The topological polar surface area (TPSA) is 59.3 Å². The molecular weight excluding hydrogens is 302 g/mol. The van der Waals surface area contributed by atoms with Gasteiger partial charge in [-0.3, -0.25) is 4.99 Å². The first kappa shape index (κ1) is 16.2. The second-order valence-corrected chi connectivity index (χ2v) is 6.12. The first-order valence-corrected chi connectivity index (χ1v) is 8.14. The van der Waals surface area contributed by atoms with E-state index in [4.69, 9.17) is 0 Å². The molecule has 0 bridgehead atoms. The first-order chi connectivity index (χ1) is 11.5. The summed E-state index contributed by atoms with van der Waals surface area (Å²) in [5.41, 5.74) is 3.55. The van der Waals surface area contributed by atoms with E-state index < -0.39 is 0 Å². The van der Waals surface area contributed by atoms with Crippen molar-refractivity contribution in [1.82, 2.24) is 0 Å². The number of phenolic OH excluding ortho intramolecular Hbond substituents is 2. The SMILES string of the molecule is CCC1=NCN(c2ccc(C)c(O)c2)CN1c1ccc(C)c(O)c1. The molecule has 0 aromatic heterocycles. The molecule has 0 aliphatic carbocycles. The summed E-state index contributed by atoms with van der Waals surface area (Å²) in [6, 6.07) is 11.4. The number of aliphatic imine (C=N–C) groups is 1. The number of aryl methyl sites for hydroxylation is 2. The third-order valence-corrected chi connectivity index (χ3v) is 4.43. The van der Waals surface area contributed by atoms with Crippen molar-refractivity contribution in [2.75, 3.05) is 23.1 Å². The first-order valence-electron chi connectivity index (χ1n) is 8.14. The summed E-state index contributed by atoms with van der Waals surface area (Å²) in [4.78, 5) is 8.86. The monoisotopic (exact) mass is 325 g/mol. The highest BCUT2D eigenvalue weighted by Gasteiger charge is 2.22. The molecule has 0 amide bonds. The van der Waals surface area contributed by atoms with Crippen LogP contribution < -0.4 is 9.80 Å². The standard InChI is InChI=1S/C19H23N3O2/c1-4-19-20-11-21(15-7-5-13(2)17(23)9-15)12-22(19)16-8-6-14(3)18(24)10-16/h5-10,23-24H,4,11-12H2,1-3H3. The van der Waals surface area contributed by atoms with Crippen molar-refractivity contribution in [3.05, 3.63) is 47.5 Å². The van der Waals surface area contributed by atoms with Crippen LogP contribution in [0.2, 0.25) is 0 Å². The van der Waals surface area contributed by atoms with Crippen LogP contribution in [0, 0.1) is 13.8 Å². The number of phenols is 2. The van der Waals surface area contributed by atoms with Crippen LogP contribution in [0.1, 0.15) is 24.5 Å². The molecular formula is C19H23N3O2. The molecule has 0 spiro atoms. The van der Waals surface area contributed by atoms with Crippen LogP contribution in [0.4, 0.5) is 11.4 Å². The van der Waals surface area contributed by atoms with Crippen molar-refractivity contribution in [3.63, 3.8) is 0 Å². The van der Waals surface area contributed by atoms with E-state index >= 15 is 0 Å². The molecule has 24 heavy (non-hydrogen) atoms. The summed E-state index contributed by atoms with van der Waals surface area (Å²) in [7, 11) is 0. The van der Waals surface area contributed by atoms with Gasteiger partial charge in [0.2, 0.25) is 0 Å². The number of rotatable bonds is 3. The van der Waals surface area contributed by atoms with Crippen LogP contribution in [0.15, 0.2) is 41.4 Å². The lowest BCUT2D eigenvalue weighted by atomic mass is 10.1. The van der Waals surface area contributed by atoms with Crippen LogP contribution in [-0.4, -0.2) is 29.4 Å². The van der Waals surface area contributed by atoms with Gasteiger partial charge in [0, 0.05) is 29.9 Å². The smallest absolute Gasteiger partial charge is 0.120 e. The van der Waals surface area contributed by atoms with Crippen LogP contribution in [0.3, 0.4) is 0 Å². The molecule has 0 saturated carbocycles. The van der Waals surface area contributed by atoms with Crippen molar-refractivity contribution in [2.24, 2.45) is 4.99 Å². The summed E-state index contributed by atoms with van der Waals surface area (Å²) >= 11 is 0. The van der Waals surface area contributed by atoms with Crippen molar-refractivity contribution in [3.8, 4) is 11.5 Å². The lowest BCUT2D eigenvalue weighted by Crippen LogP contribution is -2.46. The normalized spacial score (nSPS) is 14.7. The number of anilines is 2. The Bertz CT molecular complexity index is 786. The molecule has 1 heterocycles. The Morgan fingerprint density at radius 2 is 1.54 bits per heavy atom. The summed E-state index contributed by atoms with van der Waals surface area (Å²) in [5.74, 6) is 1.57. The molecule has 2 aromatic rings. The predicted octanol–water partition coefficient (Wildman–Crippen LogP) is 3.76. The summed E-state index contributed by atoms with van der Waals surface area (Å²) in [5, 5.41) is 20.0. The summed E-state index contributed by atoms with van der Waals surface area (Å²) < 4.78 is 0. The van der Waals surface area contributed by atoms with E-state index in [9.17, 15) is 10.2 Å². The lowest BCUT2D eigenvalue weighted by Gasteiger charge is -2.37. The molecule has 3 rings (SSSR count). The third kappa shape index (κ3) is 3.02. The number of hydrogen-bond donors (Lipinski definition) is 2. The highest BCUT2D eigenvalue weighted by Crippen LogP contribution is 2.29. The number of aromatic hydroxyl groups is 2. The van der Waals surface area contributed by atoms with Gasteiger partial charge in [0.1, 0.15) is 24.0 Å². The van der Waals surface area contributed by atoms with E-state index in [1.165, 1.54) is 0 Å². The van der Waals surface area contributed by atoms with Gasteiger partial charge < -0.3 is 20.0 Å². The Labute approximate surface area is 142 Å². The van der Waals surface area contributed by atoms with Gasteiger partial charge in [-0.2, -0.15) is 0 Å². The molecule has 2 aromatic carbocycles. The molecule has 0 saturated heterocycles. The second-order valence-electron chi connectivity index (χ2n) is 6.12. The van der Waals surface area contributed by atoms with Crippen molar-refractivity contribution in [1.29, 1.82) is 0 Å². The van der Waals surface area contributed by atoms with E-state index in [0.717, 1.165) is 34.8 Å². The number of amidine groups is 1. The van der Waals surface area contributed by atoms with E-state index in [-0.39, 0.29) is 11.5 Å². The molecule has 0 unspecified atom stereocenters. The molecule has 2 N–H and O–H groups in total. The van der Waals surface area contributed by atoms with Gasteiger partial charge >= 0.3 is 0 Å². The highest BCUT2D eigenvalue weighted by molar-refractivity contribution is 5.99. The molecule has 0 radical (unpaired) electrons. The molecule has 1 aliphatic rings. The minimum absolute atomic E-state index is 0.285. The van der Waals surface area contributed by atoms with Crippen molar-refractivity contribution >= 4 is 17.2 Å². The number of benzene rings is 2. The minimum Gasteiger partial charge on any atom is -0.508 e. The second kappa shape index (κ2) is 6.43. The van der Waals surface area contributed by atoms with Gasteiger partial charge in [0.15, 0.2) is 0 Å². The maximum atomic E-state index is 10.0. The molecule has 126 valence electrons. The fourth-order valence-electron chi connectivity index (χ4n) is 2.81. The van der Waals surface area contributed by atoms with Crippen LogP contribution in [-0.2, 0) is 0 Å². The number of hydrogen-bond acceptors (Lipinski definition) is 5. The van der Waals surface area contributed by atoms with E-state index in [2.05, 4.69) is 21.7 Å². The molecule has 0 atom stereocenters. The van der Waals surface area contributed by atoms with E-state index in [1.807, 2.05) is 38.1 Å². The van der Waals surface area contributed by atoms with Gasteiger partial charge in [-0.15, -0.1) is 0 Å². The molecule has 5 heteroatoms. The van der Waals surface area contributed by atoms with Gasteiger partial charge in [-0.25, -0.2) is 0 Å². The highest BCUT2D eigenvalue weighted by atomic mass is 16.3. The predicted molar refractivity (Wildman–Crippen MR) is 98.1 cm³/mol. The average molecular weight is 325 g/mol. The maximum Gasteiger partial charge on any atom is 0.120 e. The molecule has 0 fully saturated rings.